The Morgan fingerprint density at radius 1 is 1.12 bits per heavy atom. The summed E-state index contributed by atoms with van der Waals surface area (Å²) in [5, 5.41) is 3.64. The summed E-state index contributed by atoms with van der Waals surface area (Å²) >= 11 is 0. The zero-order valence-electron chi connectivity index (χ0n) is 10.1. The molecule has 16 heavy (non-hydrogen) atoms. The fourth-order valence-electron chi connectivity index (χ4n) is 3.51. The largest absolute Gasteiger partial charge is 0.370 e. The summed E-state index contributed by atoms with van der Waals surface area (Å²) in [7, 11) is 0. The molecule has 0 bridgehead atoms. The highest BCUT2D eigenvalue weighted by atomic mass is 16.5. The standard InChI is InChI=1S/C14H23NO/c1-2-6-12(5-1)15-11-13-7-10-14(16-13)8-3-4-9-14/h1-2,12-13,15H,3-11H2. The van der Waals surface area contributed by atoms with Gasteiger partial charge in [-0.1, -0.05) is 25.0 Å². The van der Waals surface area contributed by atoms with Gasteiger partial charge in [-0.2, -0.15) is 0 Å². The van der Waals surface area contributed by atoms with Crippen LogP contribution in [0.15, 0.2) is 12.2 Å². The van der Waals surface area contributed by atoms with Crippen LogP contribution in [0.4, 0.5) is 0 Å². The average molecular weight is 221 g/mol. The van der Waals surface area contributed by atoms with Gasteiger partial charge in [-0.25, -0.2) is 0 Å². The van der Waals surface area contributed by atoms with Crippen molar-refractivity contribution >= 4 is 0 Å². The molecule has 90 valence electrons. The third kappa shape index (κ3) is 2.18. The van der Waals surface area contributed by atoms with Gasteiger partial charge in [0.1, 0.15) is 0 Å². The fourth-order valence-corrected chi connectivity index (χ4v) is 3.51. The number of hydrogen-bond acceptors (Lipinski definition) is 2. The normalized spacial score (nSPS) is 33.1. The van der Waals surface area contributed by atoms with Crippen molar-refractivity contribution in [2.24, 2.45) is 0 Å². The Kier molecular flexibility index (Phi) is 3.03. The third-order valence-corrected chi connectivity index (χ3v) is 4.50. The van der Waals surface area contributed by atoms with E-state index in [9.17, 15) is 0 Å². The Labute approximate surface area is 98.4 Å². The summed E-state index contributed by atoms with van der Waals surface area (Å²) < 4.78 is 6.29. The number of ether oxygens (including phenoxy) is 1. The quantitative estimate of drug-likeness (QED) is 0.740. The molecule has 2 nitrogen and oxygen atoms in total. The average Bonchev–Trinajstić information content (AvgIpc) is 3.01. The molecule has 1 N–H and O–H groups in total. The van der Waals surface area contributed by atoms with Crippen LogP contribution in [0.2, 0.25) is 0 Å². The number of nitrogens with one attached hydrogen (secondary N) is 1. The second-order valence-corrected chi connectivity index (χ2v) is 5.72. The second-order valence-electron chi connectivity index (χ2n) is 5.72. The Morgan fingerprint density at radius 3 is 2.62 bits per heavy atom. The first kappa shape index (κ1) is 10.8. The van der Waals surface area contributed by atoms with Crippen LogP contribution >= 0.6 is 0 Å². The van der Waals surface area contributed by atoms with E-state index >= 15 is 0 Å². The maximum absolute atomic E-state index is 6.29. The lowest BCUT2D eigenvalue weighted by Gasteiger charge is -2.24. The highest BCUT2D eigenvalue weighted by molar-refractivity contribution is 4.99. The van der Waals surface area contributed by atoms with Crippen molar-refractivity contribution in [1.29, 1.82) is 0 Å². The van der Waals surface area contributed by atoms with Crippen LogP contribution in [0.3, 0.4) is 0 Å². The molecule has 0 radical (unpaired) electrons. The monoisotopic (exact) mass is 221 g/mol. The number of hydrogen-bond donors (Lipinski definition) is 1. The van der Waals surface area contributed by atoms with Crippen LogP contribution in [0.25, 0.3) is 0 Å². The highest BCUT2D eigenvalue weighted by Gasteiger charge is 2.41. The molecular formula is C14H23NO. The molecule has 2 heteroatoms. The molecule has 1 heterocycles. The summed E-state index contributed by atoms with van der Waals surface area (Å²) in [6.45, 7) is 1.06. The minimum atomic E-state index is 0.306. The minimum Gasteiger partial charge on any atom is -0.370 e. The molecule has 2 fully saturated rings. The maximum Gasteiger partial charge on any atom is 0.0708 e. The fraction of sp³-hybridized carbons (Fsp3) is 0.857. The first-order chi connectivity index (χ1) is 7.86. The molecule has 2 aliphatic carbocycles. The van der Waals surface area contributed by atoms with Crippen LogP contribution in [-0.2, 0) is 4.74 Å². The van der Waals surface area contributed by atoms with Gasteiger partial charge in [-0.3, -0.25) is 0 Å². The van der Waals surface area contributed by atoms with Crippen LogP contribution < -0.4 is 5.32 Å². The Hall–Kier alpha value is -0.340. The van der Waals surface area contributed by atoms with Crippen molar-refractivity contribution in [3.63, 3.8) is 0 Å². The molecule has 1 spiro atoms. The van der Waals surface area contributed by atoms with E-state index < -0.39 is 0 Å². The first-order valence-corrected chi connectivity index (χ1v) is 6.93. The highest BCUT2D eigenvalue weighted by Crippen LogP contribution is 2.43. The van der Waals surface area contributed by atoms with E-state index in [2.05, 4.69) is 17.5 Å². The van der Waals surface area contributed by atoms with E-state index in [-0.39, 0.29) is 0 Å². The summed E-state index contributed by atoms with van der Waals surface area (Å²) in [5.74, 6) is 0. The molecule has 0 aromatic carbocycles. The van der Waals surface area contributed by atoms with Gasteiger partial charge in [0.25, 0.3) is 0 Å². The molecule has 1 saturated carbocycles. The van der Waals surface area contributed by atoms with Crippen LogP contribution in [-0.4, -0.2) is 24.3 Å². The van der Waals surface area contributed by atoms with E-state index in [0.717, 1.165) is 6.54 Å². The van der Waals surface area contributed by atoms with Crippen LogP contribution in [0, 0.1) is 0 Å². The lowest BCUT2D eigenvalue weighted by atomic mass is 9.98. The molecule has 3 rings (SSSR count). The molecule has 1 unspecified atom stereocenters. The van der Waals surface area contributed by atoms with Crippen molar-refractivity contribution in [2.45, 2.75) is 69.1 Å². The van der Waals surface area contributed by atoms with Crippen molar-refractivity contribution in [2.75, 3.05) is 6.54 Å². The Morgan fingerprint density at radius 2 is 1.88 bits per heavy atom. The first-order valence-electron chi connectivity index (χ1n) is 6.93. The zero-order chi connectivity index (χ0) is 10.8. The van der Waals surface area contributed by atoms with Crippen LogP contribution in [0.5, 0.6) is 0 Å². The van der Waals surface area contributed by atoms with E-state index in [1.165, 1.54) is 51.4 Å². The maximum atomic E-state index is 6.29. The van der Waals surface area contributed by atoms with Crippen molar-refractivity contribution in [1.82, 2.24) is 5.32 Å². The van der Waals surface area contributed by atoms with E-state index in [1.54, 1.807) is 0 Å². The van der Waals surface area contributed by atoms with E-state index in [0.29, 0.717) is 17.7 Å². The summed E-state index contributed by atoms with van der Waals surface area (Å²) in [4.78, 5) is 0. The van der Waals surface area contributed by atoms with Gasteiger partial charge >= 0.3 is 0 Å². The summed E-state index contributed by atoms with van der Waals surface area (Å²) in [6, 6.07) is 0.684. The van der Waals surface area contributed by atoms with Gasteiger partial charge in [0.2, 0.25) is 0 Å². The molecule has 0 amide bonds. The van der Waals surface area contributed by atoms with Gasteiger partial charge in [0, 0.05) is 12.6 Å². The lowest BCUT2D eigenvalue weighted by molar-refractivity contribution is -0.0357. The Balaban J connectivity index is 1.43. The number of rotatable bonds is 3. The van der Waals surface area contributed by atoms with E-state index in [1.807, 2.05) is 0 Å². The SMILES string of the molecule is C1=CCC(NCC2CCC3(CCCC3)O2)C1. The zero-order valence-corrected chi connectivity index (χ0v) is 10.1. The molecule has 1 atom stereocenters. The third-order valence-electron chi connectivity index (χ3n) is 4.50. The summed E-state index contributed by atoms with van der Waals surface area (Å²) in [5.41, 5.74) is 0.306. The van der Waals surface area contributed by atoms with Gasteiger partial charge in [0.15, 0.2) is 0 Å². The second kappa shape index (κ2) is 4.50. The van der Waals surface area contributed by atoms with Crippen LogP contribution in [0.1, 0.15) is 51.4 Å². The topological polar surface area (TPSA) is 21.3 Å². The molecule has 1 aliphatic heterocycles. The smallest absolute Gasteiger partial charge is 0.0708 e. The molecular weight excluding hydrogens is 198 g/mol. The molecule has 0 aromatic rings. The van der Waals surface area contributed by atoms with Gasteiger partial charge in [-0.15, -0.1) is 0 Å². The van der Waals surface area contributed by atoms with Gasteiger partial charge in [-0.05, 0) is 38.5 Å². The van der Waals surface area contributed by atoms with Crippen molar-refractivity contribution in [3.05, 3.63) is 12.2 Å². The molecule has 1 saturated heterocycles. The van der Waals surface area contributed by atoms with Gasteiger partial charge < -0.3 is 10.1 Å². The summed E-state index contributed by atoms with van der Waals surface area (Å²) in [6.07, 6.45) is 15.4. The van der Waals surface area contributed by atoms with Crippen molar-refractivity contribution in [3.8, 4) is 0 Å². The van der Waals surface area contributed by atoms with Gasteiger partial charge in [0.05, 0.1) is 11.7 Å². The minimum absolute atomic E-state index is 0.306. The Bertz CT molecular complexity index is 260. The lowest BCUT2D eigenvalue weighted by Crippen LogP contribution is -2.35. The predicted octanol–water partition coefficient (Wildman–Crippen LogP) is 2.79. The van der Waals surface area contributed by atoms with E-state index in [4.69, 9.17) is 4.74 Å². The molecule has 0 aromatic heterocycles. The van der Waals surface area contributed by atoms with Crippen molar-refractivity contribution < 1.29 is 4.74 Å². The molecule has 3 aliphatic rings. The predicted molar refractivity (Wildman–Crippen MR) is 65.5 cm³/mol.